The lowest BCUT2D eigenvalue weighted by Gasteiger charge is -2.29. The number of fused-ring (bicyclic) bond motifs is 2. The number of nitrogens with one attached hydrogen (secondary N) is 2. The van der Waals surface area contributed by atoms with E-state index in [0.717, 1.165) is 50.5 Å². The van der Waals surface area contributed by atoms with Crippen molar-refractivity contribution in [2.75, 3.05) is 13.7 Å². The molecule has 1 aromatic carbocycles. The van der Waals surface area contributed by atoms with Crippen molar-refractivity contribution in [2.45, 2.75) is 100 Å². The number of carbonyl (C=O) groups is 4. The molecule has 51 heavy (non-hydrogen) atoms. The maximum atomic E-state index is 14.5. The molecule has 5 atom stereocenters. The van der Waals surface area contributed by atoms with Crippen LogP contribution in [0.3, 0.4) is 0 Å². The van der Waals surface area contributed by atoms with E-state index in [1.165, 1.54) is 21.0 Å². The summed E-state index contributed by atoms with van der Waals surface area (Å²) in [4.78, 5) is 61.7. The van der Waals surface area contributed by atoms with Crippen molar-refractivity contribution in [3.8, 4) is 27.7 Å². The minimum atomic E-state index is -1.44. The highest BCUT2D eigenvalue weighted by molar-refractivity contribution is 7.13. The van der Waals surface area contributed by atoms with Crippen molar-refractivity contribution < 1.29 is 33.8 Å². The quantitative estimate of drug-likeness (QED) is 0.290. The summed E-state index contributed by atoms with van der Waals surface area (Å²) in [6.07, 6.45) is 12.2. The van der Waals surface area contributed by atoms with Crippen molar-refractivity contribution in [2.24, 2.45) is 5.92 Å². The average Bonchev–Trinajstić information content (AvgIpc) is 3.77. The highest BCUT2D eigenvalue weighted by Crippen LogP contribution is 2.46. The molecule has 4 unspecified atom stereocenters. The van der Waals surface area contributed by atoms with Crippen molar-refractivity contribution in [3.05, 3.63) is 48.0 Å². The van der Waals surface area contributed by atoms with E-state index < -0.39 is 47.5 Å². The van der Waals surface area contributed by atoms with Gasteiger partial charge in [0.15, 0.2) is 0 Å². The zero-order valence-electron chi connectivity index (χ0n) is 28.5. The molecular formula is C36H43N7O7S. The van der Waals surface area contributed by atoms with E-state index in [1.54, 1.807) is 13.3 Å². The highest BCUT2D eigenvalue weighted by Gasteiger charge is 2.61. The number of aromatic nitrogens is 4. The summed E-state index contributed by atoms with van der Waals surface area (Å²) < 4.78 is 11.0. The van der Waals surface area contributed by atoms with Crippen LogP contribution in [0.2, 0.25) is 0 Å². The Balaban J connectivity index is 1.21. The maximum absolute atomic E-state index is 14.5. The van der Waals surface area contributed by atoms with E-state index >= 15 is 0 Å². The standard InChI is InChI=1S/C36H43N7O7S/c1-49-25-15-13-22(14-16-25)29-30(32-37-17-18-51-32)41-43(40-29)24-19-28-31(44)39-36(34(46)47)20-23(36)9-5-3-2-4-6-12-27(33(45)42(28)21-24)38-35(48)50-26-10-7-8-11-26/h5,9,13-18,23-24,26-28H,2-4,6-8,10-12,19-21H2,1H3,(H,38,48)(H,39,44)(H,46,47)/b9-5-/t23?,24-,27?,28?,36?/m1/s1. The number of nitrogens with zero attached hydrogens (tertiary/aromatic N) is 5. The molecule has 2 aliphatic heterocycles. The molecule has 7 rings (SSSR count). The summed E-state index contributed by atoms with van der Waals surface area (Å²) >= 11 is 1.42. The van der Waals surface area contributed by atoms with Gasteiger partial charge in [-0.15, -0.1) is 16.4 Å². The van der Waals surface area contributed by atoms with Gasteiger partial charge in [0.25, 0.3) is 0 Å². The SMILES string of the molecule is COc1ccc(-c2nn([C@@H]3CC4C(=O)NC5(C(=O)O)CC5/C=C\CCCCCC(NC(=O)OC5CCCC5)C(=O)N4C3)nc2-c2nccs2)cc1. The Kier molecular flexibility index (Phi) is 10.1. The van der Waals surface area contributed by atoms with E-state index in [9.17, 15) is 24.3 Å². The number of allylic oxidation sites excluding steroid dienone is 1. The Labute approximate surface area is 299 Å². The molecule has 15 heteroatoms. The van der Waals surface area contributed by atoms with Crippen LogP contribution in [0.15, 0.2) is 48.0 Å². The number of carboxylic acid groups (broad SMARTS) is 1. The molecule has 3 N–H and O–H groups in total. The second-order valence-corrected chi connectivity index (χ2v) is 14.7. The van der Waals surface area contributed by atoms with Gasteiger partial charge in [0.2, 0.25) is 11.8 Å². The Morgan fingerprint density at radius 1 is 1.04 bits per heavy atom. The number of ether oxygens (including phenoxy) is 2. The van der Waals surface area contributed by atoms with Crippen LogP contribution in [0.5, 0.6) is 5.75 Å². The van der Waals surface area contributed by atoms with Crippen LogP contribution in [-0.4, -0.2) is 91.2 Å². The van der Waals surface area contributed by atoms with E-state index in [1.807, 2.05) is 41.8 Å². The van der Waals surface area contributed by atoms with Crippen LogP contribution in [0.25, 0.3) is 22.0 Å². The normalized spacial score (nSPS) is 27.7. The number of hydrogen-bond acceptors (Lipinski definition) is 10. The summed E-state index contributed by atoms with van der Waals surface area (Å²) in [5.74, 6) is -1.75. The number of aliphatic carboxylic acids is 1. The topological polar surface area (TPSA) is 178 Å². The molecule has 0 spiro atoms. The van der Waals surface area contributed by atoms with Crippen LogP contribution < -0.4 is 15.4 Å². The number of carbonyl (C=O) groups excluding carboxylic acids is 3. The molecule has 4 heterocycles. The molecule has 2 aromatic heterocycles. The maximum Gasteiger partial charge on any atom is 0.408 e. The van der Waals surface area contributed by atoms with E-state index in [-0.39, 0.29) is 31.4 Å². The zero-order valence-corrected chi connectivity index (χ0v) is 29.3. The molecule has 2 aliphatic carbocycles. The number of rotatable bonds is 7. The first-order chi connectivity index (χ1) is 24.8. The molecule has 4 aliphatic rings. The van der Waals surface area contributed by atoms with Crippen LogP contribution in [0, 0.1) is 5.92 Å². The number of methoxy groups -OCH3 is 1. The van der Waals surface area contributed by atoms with Gasteiger partial charge in [-0.25, -0.2) is 14.6 Å². The minimum absolute atomic E-state index is 0.0736. The van der Waals surface area contributed by atoms with Crippen LogP contribution in [-0.2, 0) is 19.1 Å². The van der Waals surface area contributed by atoms with E-state index in [0.29, 0.717) is 35.0 Å². The summed E-state index contributed by atoms with van der Waals surface area (Å²) in [5, 5.41) is 28.1. The third kappa shape index (κ3) is 7.34. The number of amides is 3. The van der Waals surface area contributed by atoms with Gasteiger partial charge in [-0.3, -0.25) is 9.59 Å². The van der Waals surface area contributed by atoms with Crippen LogP contribution in [0.4, 0.5) is 4.79 Å². The van der Waals surface area contributed by atoms with Gasteiger partial charge in [0.05, 0.1) is 13.2 Å². The zero-order chi connectivity index (χ0) is 35.5. The lowest BCUT2D eigenvalue weighted by Crippen LogP contribution is -2.56. The molecule has 3 amide bonds. The third-order valence-electron chi connectivity index (χ3n) is 10.5. The summed E-state index contributed by atoms with van der Waals surface area (Å²) in [7, 11) is 1.60. The largest absolute Gasteiger partial charge is 0.497 e. The highest BCUT2D eigenvalue weighted by atomic mass is 32.1. The van der Waals surface area contributed by atoms with Gasteiger partial charge >= 0.3 is 12.1 Å². The number of thiazole rings is 1. The molecule has 3 fully saturated rings. The number of alkyl carbamates (subject to hydrolysis) is 1. The monoisotopic (exact) mass is 717 g/mol. The first kappa shape index (κ1) is 34.6. The summed E-state index contributed by atoms with van der Waals surface area (Å²) in [5.41, 5.74) is 0.490. The molecule has 2 saturated carbocycles. The molecule has 0 radical (unpaired) electrons. The molecule has 270 valence electrons. The number of carboxylic acids is 1. The molecule has 3 aromatic rings. The van der Waals surface area contributed by atoms with E-state index in [2.05, 4.69) is 15.6 Å². The van der Waals surface area contributed by atoms with Gasteiger partial charge in [-0.2, -0.15) is 9.90 Å². The van der Waals surface area contributed by atoms with Gasteiger partial charge in [0, 0.05) is 36.0 Å². The Bertz CT molecular complexity index is 1770. The van der Waals surface area contributed by atoms with Crippen LogP contribution in [0.1, 0.15) is 76.7 Å². The second kappa shape index (κ2) is 14.8. The smallest absolute Gasteiger partial charge is 0.408 e. The van der Waals surface area contributed by atoms with Crippen LogP contribution >= 0.6 is 11.3 Å². The van der Waals surface area contributed by atoms with E-state index in [4.69, 9.17) is 19.7 Å². The van der Waals surface area contributed by atoms with Crippen molar-refractivity contribution in [3.63, 3.8) is 0 Å². The van der Waals surface area contributed by atoms with Crippen molar-refractivity contribution in [1.29, 1.82) is 0 Å². The third-order valence-corrected chi connectivity index (χ3v) is 11.2. The molecule has 0 bridgehead atoms. The second-order valence-electron chi connectivity index (χ2n) is 13.8. The van der Waals surface area contributed by atoms with Crippen molar-refractivity contribution in [1.82, 2.24) is 35.5 Å². The predicted molar refractivity (Wildman–Crippen MR) is 187 cm³/mol. The lowest BCUT2D eigenvalue weighted by molar-refractivity contribution is -0.145. The molecule has 1 saturated heterocycles. The Morgan fingerprint density at radius 3 is 2.53 bits per heavy atom. The van der Waals surface area contributed by atoms with Gasteiger partial charge in [-0.05, 0) is 75.6 Å². The van der Waals surface area contributed by atoms with Crippen molar-refractivity contribution >= 4 is 35.2 Å². The Hall–Kier alpha value is -4.79. The minimum Gasteiger partial charge on any atom is -0.497 e. The fraction of sp³-hybridized carbons (Fsp3) is 0.528. The number of hydrogen-bond donors (Lipinski definition) is 3. The summed E-state index contributed by atoms with van der Waals surface area (Å²) in [6, 6.07) is 4.94. The van der Waals surface area contributed by atoms with Gasteiger partial charge in [0.1, 0.15) is 45.9 Å². The predicted octanol–water partition coefficient (Wildman–Crippen LogP) is 4.74. The molecular weight excluding hydrogens is 675 g/mol. The first-order valence-electron chi connectivity index (χ1n) is 17.8. The fourth-order valence-corrected chi connectivity index (χ4v) is 8.11. The fourth-order valence-electron chi connectivity index (χ4n) is 7.49. The number of benzene rings is 1. The summed E-state index contributed by atoms with van der Waals surface area (Å²) in [6.45, 7) is 0.0736. The van der Waals surface area contributed by atoms with Gasteiger partial charge < -0.3 is 30.1 Å². The first-order valence-corrected chi connectivity index (χ1v) is 18.6. The average molecular weight is 718 g/mol. The Morgan fingerprint density at radius 2 is 1.80 bits per heavy atom. The lowest BCUT2D eigenvalue weighted by atomic mass is 10.0. The van der Waals surface area contributed by atoms with Gasteiger partial charge in [-0.1, -0.05) is 25.0 Å². The molecule has 14 nitrogen and oxygen atoms in total.